The number of rotatable bonds is 6. The van der Waals surface area contributed by atoms with E-state index < -0.39 is 0 Å². The van der Waals surface area contributed by atoms with Crippen LogP contribution in [0.4, 0.5) is 0 Å². The van der Waals surface area contributed by atoms with Gasteiger partial charge in [-0.2, -0.15) is 0 Å². The van der Waals surface area contributed by atoms with E-state index in [4.69, 9.17) is 0 Å². The summed E-state index contributed by atoms with van der Waals surface area (Å²) in [5.74, 6) is 0. The van der Waals surface area contributed by atoms with Crippen molar-refractivity contribution in [1.82, 2.24) is 15.3 Å². The van der Waals surface area contributed by atoms with Crippen LogP contribution in [0.15, 0.2) is 43.0 Å². The van der Waals surface area contributed by atoms with E-state index >= 15 is 0 Å². The topological polar surface area (TPSA) is 37.8 Å². The number of hydrogen-bond donors (Lipinski definition) is 1. The summed E-state index contributed by atoms with van der Waals surface area (Å²) >= 11 is 0. The summed E-state index contributed by atoms with van der Waals surface area (Å²) in [6.45, 7) is 5.33. The second-order valence-corrected chi connectivity index (χ2v) is 4.65. The number of hydrogen-bond acceptors (Lipinski definition) is 3. The largest absolute Gasteiger partial charge is 0.306 e. The molecule has 0 spiro atoms. The third kappa shape index (κ3) is 3.61. The summed E-state index contributed by atoms with van der Waals surface area (Å²) in [5.41, 5.74) is 3.74. The third-order valence-corrected chi connectivity index (χ3v) is 3.23. The first kappa shape index (κ1) is 13.7. The van der Waals surface area contributed by atoms with Gasteiger partial charge < -0.3 is 5.32 Å². The monoisotopic (exact) mass is 255 g/mol. The molecule has 1 aromatic heterocycles. The highest BCUT2D eigenvalue weighted by atomic mass is 14.9. The van der Waals surface area contributed by atoms with Crippen molar-refractivity contribution in [2.75, 3.05) is 6.54 Å². The molecule has 0 aliphatic rings. The minimum absolute atomic E-state index is 0.173. The van der Waals surface area contributed by atoms with Crippen LogP contribution in [0, 0.1) is 0 Å². The Morgan fingerprint density at radius 1 is 1.00 bits per heavy atom. The maximum Gasteiger partial charge on any atom is 0.115 e. The molecule has 1 unspecified atom stereocenters. The van der Waals surface area contributed by atoms with E-state index in [9.17, 15) is 0 Å². The predicted octanol–water partition coefficient (Wildman–Crippen LogP) is 3.13. The Morgan fingerprint density at radius 2 is 1.68 bits per heavy atom. The number of benzene rings is 1. The van der Waals surface area contributed by atoms with Crippen LogP contribution < -0.4 is 5.32 Å². The van der Waals surface area contributed by atoms with Crippen molar-refractivity contribution in [3.05, 3.63) is 59.7 Å². The third-order valence-electron chi connectivity index (χ3n) is 3.23. The van der Waals surface area contributed by atoms with Crippen molar-refractivity contribution in [3.63, 3.8) is 0 Å². The Bertz CT molecular complexity index is 479. The van der Waals surface area contributed by atoms with Crippen molar-refractivity contribution in [1.29, 1.82) is 0 Å². The molecule has 2 rings (SSSR count). The van der Waals surface area contributed by atoms with Gasteiger partial charge in [-0.3, -0.25) is 0 Å². The minimum atomic E-state index is 0.173. The molecule has 19 heavy (non-hydrogen) atoms. The lowest BCUT2D eigenvalue weighted by molar-refractivity contribution is 0.595. The molecule has 2 aromatic rings. The van der Waals surface area contributed by atoms with Gasteiger partial charge in [-0.1, -0.05) is 38.1 Å². The predicted molar refractivity (Wildman–Crippen MR) is 78.0 cm³/mol. The first-order valence-corrected chi connectivity index (χ1v) is 6.92. The lowest BCUT2D eigenvalue weighted by atomic mass is 9.99. The van der Waals surface area contributed by atoms with E-state index in [1.165, 1.54) is 11.1 Å². The molecule has 0 saturated carbocycles. The van der Waals surface area contributed by atoms with Gasteiger partial charge >= 0.3 is 0 Å². The lowest BCUT2D eigenvalue weighted by Crippen LogP contribution is -2.23. The zero-order chi connectivity index (χ0) is 13.5. The van der Waals surface area contributed by atoms with Crippen LogP contribution in [0.25, 0.3) is 0 Å². The summed E-state index contributed by atoms with van der Waals surface area (Å²) in [5, 5.41) is 3.56. The maximum absolute atomic E-state index is 4.12. The lowest BCUT2D eigenvalue weighted by Gasteiger charge is -2.19. The van der Waals surface area contributed by atoms with Gasteiger partial charge in [-0.05, 0) is 30.5 Å². The average molecular weight is 255 g/mol. The smallest absolute Gasteiger partial charge is 0.115 e. The second-order valence-electron chi connectivity index (χ2n) is 4.65. The zero-order valence-electron chi connectivity index (χ0n) is 11.6. The molecule has 100 valence electrons. The zero-order valence-corrected chi connectivity index (χ0v) is 11.6. The van der Waals surface area contributed by atoms with E-state index in [1.807, 2.05) is 12.4 Å². The summed E-state index contributed by atoms with van der Waals surface area (Å²) in [7, 11) is 0. The molecule has 0 aliphatic carbocycles. The van der Waals surface area contributed by atoms with Crippen molar-refractivity contribution >= 4 is 0 Å². The molecule has 0 saturated heterocycles. The summed E-state index contributed by atoms with van der Waals surface area (Å²) in [6, 6.07) is 8.95. The highest BCUT2D eigenvalue weighted by Gasteiger charge is 2.13. The second kappa shape index (κ2) is 7.00. The Kier molecular flexibility index (Phi) is 5.04. The van der Waals surface area contributed by atoms with Gasteiger partial charge in [0.1, 0.15) is 6.33 Å². The maximum atomic E-state index is 4.12. The molecule has 1 atom stereocenters. The van der Waals surface area contributed by atoms with Crippen molar-refractivity contribution in [3.8, 4) is 0 Å². The van der Waals surface area contributed by atoms with Crippen LogP contribution in [0.5, 0.6) is 0 Å². The molecule has 3 nitrogen and oxygen atoms in total. The quantitative estimate of drug-likeness (QED) is 0.861. The van der Waals surface area contributed by atoms with E-state index in [2.05, 4.69) is 53.4 Å². The Morgan fingerprint density at radius 3 is 2.26 bits per heavy atom. The van der Waals surface area contributed by atoms with Gasteiger partial charge in [0.2, 0.25) is 0 Å². The number of aromatic nitrogens is 2. The van der Waals surface area contributed by atoms with Crippen molar-refractivity contribution in [2.24, 2.45) is 0 Å². The van der Waals surface area contributed by atoms with Crippen LogP contribution in [-0.2, 0) is 6.42 Å². The molecule has 1 aromatic carbocycles. The number of aryl methyl sites for hydroxylation is 1. The first-order chi connectivity index (χ1) is 9.35. The van der Waals surface area contributed by atoms with Gasteiger partial charge in [0.05, 0.1) is 6.04 Å². The first-order valence-electron chi connectivity index (χ1n) is 6.92. The van der Waals surface area contributed by atoms with Gasteiger partial charge in [0, 0.05) is 18.0 Å². The normalized spacial score (nSPS) is 12.3. The van der Waals surface area contributed by atoms with Crippen LogP contribution in [-0.4, -0.2) is 16.5 Å². The van der Waals surface area contributed by atoms with Crippen LogP contribution >= 0.6 is 0 Å². The van der Waals surface area contributed by atoms with E-state index in [0.29, 0.717) is 0 Å². The molecule has 0 fully saturated rings. The van der Waals surface area contributed by atoms with Gasteiger partial charge in [-0.25, -0.2) is 9.97 Å². The van der Waals surface area contributed by atoms with Crippen LogP contribution in [0.1, 0.15) is 43.0 Å². The minimum Gasteiger partial charge on any atom is -0.306 e. The number of nitrogens with one attached hydrogen (secondary N) is 1. The van der Waals surface area contributed by atoms with Gasteiger partial charge in [-0.15, -0.1) is 0 Å². The fourth-order valence-electron chi connectivity index (χ4n) is 2.12. The Labute approximate surface area is 115 Å². The summed E-state index contributed by atoms with van der Waals surface area (Å²) in [4.78, 5) is 8.24. The van der Waals surface area contributed by atoms with E-state index in [-0.39, 0.29) is 6.04 Å². The van der Waals surface area contributed by atoms with Crippen LogP contribution in [0.3, 0.4) is 0 Å². The standard InChI is InChI=1S/C16H21N3/c1-3-9-19-16(15-10-17-12-18-11-15)14-7-5-13(4-2)6-8-14/h5-8,10-12,16,19H,3-4,9H2,1-2H3. The molecular formula is C16H21N3. The van der Waals surface area contributed by atoms with E-state index in [1.54, 1.807) is 6.33 Å². The molecule has 0 aliphatic heterocycles. The van der Waals surface area contributed by atoms with Crippen LogP contribution in [0.2, 0.25) is 0 Å². The van der Waals surface area contributed by atoms with Crippen molar-refractivity contribution in [2.45, 2.75) is 32.7 Å². The molecule has 3 heteroatoms. The summed E-state index contributed by atoms with van der Waals surface area (Å²) in [6.07, 6.45) is 7.52. The molecule has 0 bridgehead atoms. The Balaban J connectivity index is 2.26. The van der Waals surface area contributed by atoms with Crippen molar-refractivity contribution < 1.29 is 0 Å². The fourth-order valence-corrected chi connectivity index (χ4v) is 2.12. The van der Waals surface area contributed by atoms with E-state index in [0.717, 1.165) is 24.9 Å². The van der Waals surface area contributed by atoms with Gasteiger partial charge in [0.15, 0.2) is 0 Å². The Hall–Kier alpha value is -1.74. The van der Waals surface area contributed by atoms with Gasteiger partial charge in [0.25, 0.3) is 0 Å². The highest BCUT2D eigenvalue weighted by molar-refractivity contribution is 5.31. The molecular weight excluding hydrogens is 234 g/mol. The molecule has 0 amide bonds. The molecule has 0 radical (unpaired) electrons. The SMILES string of the molecule is CCCNC(c1ccc(CC)cc1)c1cncnc1. The summed E-state index contributed by atoms with van der Waals surface area (Å²) < 4.78 is 0. The highest BCUT2D eigenvalue weighted by Crippen LogP contribution is 2.21. The average Bonchev–Trinajstić information content (AvgIpc) is 2.49. The fraction of sp³-hybridized carbons (Fsp3) is 0.375. The number of nitrogens with zero attached hydrogens (tertiary/aromatic N) is 2. The molecule has 1 N–H and O–H groups in total. The molecule has 1 heterocycles.